The van der Waals surface area contributed by atoms with Gasteiger partial charge in [0.05, 0.1) is 12.7 Å². The maximum atomic E-state index is 12.5. The van der Waals surface area contributed by atoms with Crippen molar-refractivity contribution in [2.75, 3.05) is 38.2 Å². The number of urea groups is 1. The predicted octanol–water partition coefficient (Wildman–Crippen LogP) is 4.54. The fraction of sp³-hybridized carbons (Fsp3) is 0.292. The van der Waals surface area contributed by atoms with E-state index in [0.717, 1.165) is 25.3 Å². The quantitative estimate of drug-likeness (QED) is 0.655. The van der Waals surface area contributed by atoms with Crippen LogP contribution < -0.4 is 10.2 Å². The van der Waals surface area contributed by atoms with Crippen molar-refractivity contribution in [3.63, 3.8) is 0 Å². The molecule has 1 fully saturated rings. The molecule has 1 aliphatic heterocycles. The van der Waals surface area contributed by atoms with Gasteiger partial charge in [0.15, 0.2) is 0 Å². The molecule has 156 valence electrons. The number of rotatable bonds is 5. The van der Waals surface area contributed by atoms with Crippen molar-refractivity contribution in [1.82, 2.24) is 10.2 Å². The second-order valence-corrected chi connectivity index (χ2v) is 8.02. The van der Waals surface area contributed by atoms with Crippen molar-refractivity contribution in [2.24, 2.45) is 0 Å². The van der Waals surface area contributed by atoms with Crippen molar-refractivity contribution in [2.45, 2.75) is 12.6 Å². The molecule has 2 amide bonds. The van der Waals surface area contributed by atoms with Gasteiger partial charge >= 0.3 is 6.03 Å². The van der Waals surface area contributed by atoms with Crippen LogP contribution in [0.5, 0.6) is 0 Å². The highest BCUT2D eigenvalue weighted by Crippen LogP contribution is 2.21. The number of hydrogen-bond acceptors (Lipinski definition) is 3. The van der Waals surface area contributed by atoms with Gasteiger partial charge < -0.3 is 10.1 Å². The van der Waals surface area contributed by atoms with E-state index < -0.39 is 0 Å². The lowest BCUT2D eigenvalue weighted by Gasteiger charge is -2.33. The lowest BCUT2D eigenvalue weighted by molar-refractivity contribution is -0.0284. The largest absolute Gasteiger partial charge is 0.374 e. The Bertz CT molecular complexity index is 1000. The molecular formula is C24H26ClN3O2. The van der Waals surface area contributed by atoms with Crippen LogP contribution in [0.4, 0.5) is 10.5 Å². The van der Waals surface area contributed by atoms with Crippen LogP contribution in [0.2, 0.25) is 5.02 Å². The topological polar surface area (TPSA) is 44.8 Å². The Morgan fingerprint density at radius 3 is 2.73 bits per heavy atom. The number of nitrogens with zero attached hydrogens (tertiary/aromatic N) is 2. The van der Waals surface area contributed by atoms with Gasteiger partial charge in [-0.15, -0.1) is 0 Å². The van der Waals surface area contributed by atoms with Gasteiger partial charge in [-0.3, -0.25) is 9.80 Å². The normalized spacial score (nSPS) is 17.1. The molecule has 1 unspecified atom stereocenters. The second-order valence-electron chi connectivity index (χ2n) is 7.59. The zero-order valence-corrected chi connectivity index (χ0v) is 17.8. The van der Waals surface area contributed by atoms with Crippen molar-refractivity contribution in [3.05, 3.63) is 77.3 Å². The predicted molar refractivity (Wildman–Crippen MR) is 122 cm³/mol. The van der Waals surface area contributed by atoms with Gasteiger partial charge in [0.2, 0.25) is 0 Å². The molecule has 0 spiro atoms. The molecule has 0 bridgehead atoms. The number of morpholine rings is 1. The van der Waals surface area contributed by atoms with E-state index in [1.54, 1.807) is 24.1 Å². The van der Waals surface area contributed by atoms with Gasteiger partial charge in [0.1, 0.15) is 0 Å². The minimum Gasteiger partial charge on any atom is -0.374 e. The molecule has 5 nitrogen and oxygen atoms in total. The Hall–Kier alpha value is -2.60. The highest BCUT2D eigenvalue weighted by molar-refractivity contribution is 6.30. The van der Waals surface area contributed by atoms with Crippen molar-refractivity contribution in [1.29, 1.82) is 0 Å². The molecule has 0 aliphatic carbocycles. The monoisotopic (exact) mass is 423 g/mol. The molecule has 1 saturated heterocycles. The molecule has 1 aliphatic rings. The van der Waals surface area contributed by atoms with Crippen LogP contribution in [0, 0.1) is 0 Å². The number of carbonyl (C=O) groups is 1. The van der Waals surface area contributed by atoms with Crippen LogP contribution in [0.15, 0.2) is 66.7 Å². The Balaban J connectivity index is 1.32. The van der Waals surface area contributed by atoms with Gasteiger partial charge in [-0.05, 0) is 40.6 Å². The molecule has 3 aromatic rings. The third-order valence-corrected chi connectivity index (χ3v) is 5.75. The van der Waals surface area contributed by atoms with Gasteiger partial charge in [-0.2, -0.15) is 0 Å². The molecular weight excluding hydrogens is 398 g/mol. The van der Waals surface area contributed by atoms with E-state index in [1.807, 2.05) is 12.1 Å². The summed E-state index contributed by atoms with van der Waals surface area (Å²) in [6, 6.07) is 22.0. The van der Waals surface area contributed by atoms with E-state index in [-0.39, 0.29) is 12.1 Å². The highest BCUT2D eigenvalue weighted by atomic mass is 35.5. The third-order valence-electron chi connectivity index (χ3n) is 5.50. The number of benzene rings is 3. The lowest BCUT2D eigenvalue weighted by Crippen LogP contribution is -2.49. The minimum atomic E-state index is -0.160. The summed E-state index contributed by atoms with van der Waals surface area (Å²) in [5.74, 6) is 0. The summed E-state index contributed by atoms with van der Waals surface area (Å²) in [4.78, 5) is 16.5. The number of hydrogen-bond donors (Lipinski definition) is 1. The van der Waals surface area contributed by atoms with Crippen LogP contribution >= 0.6 is 11.6 Å². The third kappa shape index (κ3) is 4.93. The maximum absolute atomic E-state index is 12.5. The van der Waals surface area contributed by atoms with E-state index >= 15 is 0 Å². The number of carbonyl (C=O) groups excluding carboxylic acids is 1. The Labute approximate surface area is 182 Å². The van der Waals surface area contributed by atoms with Gasteiger partial charge in [0.25, 0.3) is 0 Å². The van der Waals surface area contributed by atoms with E-state index in [1.165, 1.54) is 16.3 Å². The number of anilines is 1. The van der Waals surface area contributed by atoms with E-state index in [2.05, 4.69) is 52.7 Å². The van der Waals surface area contributed by atoms with Crippen LogP contribution in [-0.4, -0.2) is 50.3 Å². The van der Waals surface area contributed by atoms with Crippen molar-refractivity contribution in [3.8, 4) is 0 Å². The summed E-state index contributed by atoms with van der Waals surface area (Å²) in [5.41, 5.74) is 2.11. The van der Waals surface area contributed by atoms with E-state index in [9.17, 15) is 4.79 Å². The molecule has 1 atom stereocenters. The summed E-state index contributed by atoms with van der Waals surface area (Å²) in [7, 11) is 1.74. The number of nitrogens with one attached hydrogen (secondary N) is 1. The van der Waals surface area contributed by atoms with Gasteiger partial charge in [-0.1, -0.05) is 54.1 Å². The smallest absolute Gasteiger partial charge is 0.321 e. The van der Waals surface area contributed by atoms with Gasteiger partial charge in [-0.25, -0.2) is 4.79 Å². The zero-order chi connectivity index (χ0) is 20.9. The van der Waals surface area contributed by atoms with Crippen molar-refractivity contribution >= 4 is 34.1 Å². The second kappa shape index (κ2) is 9.47. The Morgan fingerprint density at radius 1 is 1.13 bits per heavy atom. The molecule has 30 heavy (non-hydrogen) atoms. The van der Waals surface area contributed by atoms with E-state index in [4.69, 9.17) is 16.3 Å². The average molecular weight is 424 g/mol. The first-order chi connectivity index (χ1) is 14.6. The van der Waals surface area contributed by atoms with Crippen LogP contribution in [0.3, 0.4) is 0 Å². The maximum Gasteiger partial charge on any atom is 0.321 e. The number of fused-ring (bicyclic) bond motifs is 1. The van der Waals surface area contributed by atoms with Crippen LogP contribution in [-0.2, 0) is 11.3 Å². The molecule has 1 heterocycles. The summed E-state index contributed by atoms with van der Waals surface area (Å²) >= 11 is 5.92. The fourth-order valence-corrected chi connectivity index (χ4v) is 3.95. The van der Waals surface area contributed by atoms with E-state index in [0.29, 0.717) is 18.2 Å². The number of ether oxygens (including phenoxy) is 1. The van der Waals surface area contributed by atoms with Crippen LogP contribution in [0.1, 0.15) is 5.56 Å². The molecule has 1 N–H and O–H groups in total. The first-order valence-electron chi connectivity index (χ1n) is 10.2. The molecule has 0 aromatic heterocycles. The van der Waals surface area contributed by atoms with Crippen molar-refractivity contribution < 1.29 is 9.53 Å². The molecule has 0 saturated carbocycles. The number of amides is 2. The summed E-state index contributed by atoms with van der Waals surface area (Å²) in [6.45, 7) is 3.69. The summed E-state index contributed by atoms with van der Waals surface area (Å²) in [6.07, 6.45) is -0.0312. The standard InChI is InChI=1S/C24H26ClN3O2/c1-27(21-11-9-20(25)10-12-21)24(29)26-15-22-17-28(13-14-30-22)16-19-7-4-6-18-5-2-3-8-23(18)19/h2-12,22H,13-17H2,1H3,(H,26,29). The number of halogens is 1. The fourth-order valence-electron chi connectivity index (χ4n) is 3.82. The summed E-state index contributed by atoms with van der Waals surface area (Å²) in [5, 5.41) is 6.18. The zero-order valence-electron chi connectivity index (χ0n) is 17.1. The van der Waals surface area contributed by atoms with Crippen LogP contribution in [0.25, 0.3) is 10.8 Å². The first-order valence-corrected chi connectivity index (χ1v) is 10.6. The van der Waals surface area contributed by atoms with Gasteiger partial charge in [0, 0.05) is 43.9 Å². The minimum absolute atomic E-state index is 0.0312. The summed E-state index contributed by atoms with van der Waals surface area (Å²) < 4.78 is 5.89. The molecule has 3 aromatic carbocycles. The molecule has 6 heteroatoms. The SMILES string of the molecule is CN(C(=O)NCC1CN(Cc2cccc3ccccc23)CCO1)c1ccc(Cl)cc1. The average Bonchev–Trinajstić information content (AvgIpc) is 2.78. The highest BCUT2D eigenvalue weighted by Gasteiger charge is 2.22. The molecule has 0 radical (unpaired) electrons. The first kappa shape index (κ1) is 20.7. The Kier molecular flexibility index (Phi) is 6.53. The Morgan fingerprint density at radius 2 is 1.90 bits per heavy atom. The molecule has 4 rings (SSSR count). The lowest BCUT2D eigenvalue weighted by atomic mass is 10.0.